The predicted octanol–water partition coefficient (Wildman–Crippen LogP) is 6.37. The number of ether oxygens (including phenoxy) is 2. The Hall–Kier alpha value is -5.40. The van der Waals surface area contributed by atoms with E-state index >= 15 is 0 Å². The lowest BCUT2D eigenvalue weighted by molar-refractivity contribution is -0.129. The Morgan fingerprint density at radius 3 is 2.39 bits per heavy atom. The van der Waals surface area contributed by atoms with Crippen LogP contribution in [0.3, 0.4) is 0 Å². The van der Waals surface area contributed by atoms with Crippen molar-refractivity contribution in [1.82, 2.24) is 10.2 Å². The standard InChI is InChI=1S/C38H38N4O7S2/c1-4-48-28-16-14-25(15-17-28)20-31(40-35(45)26-10-7-6-8-11-26)36(46)39-27-12-9-13-29(21-27)50-23-33(44)41-37-34(38(47)49-5-2)30-18-19-42(24(3)43)22-32(30)51-37/h6-17,20-21H,4-5,18-19,22-23H2,1-3H3,(H,39,46)(H,40,45)(H,41,44)/b31-20+. The lowest BCUT2D eigenvalue weighted by Gasteiger charge is -2.25. The van der Waals surface area contributed by atoms with Crippen molar-refractivity contribution in [2.75, 3.05) is 36.1 Å². The minimum absolute atomic E-state index is 0.0256. The van der Waals surface area contributed by atoms with Gasteiger partial charge in [-0.25, -0.2) is 4.79 Å². The van der Waals surface area contributed by atoms with E-state index < -0.39 is 17.8 Å². The molecule has 0 spiro atoms. The summed E-state index contributed by atoms with van der Waals surface area (Å²) in [7, 11) is 0. The number of benzene rings is 3. The summed E-state index contributed by atoms with van der Waals surface area (Å²) in [4.78, 5) is 67.9. The van der Waals surface area contributed by atoms with Gasteiger partial charge in [-0.3, -0.25) is 19.2 Å². The van der Waals surface area contributed by atoms with E-state index in [0.29, 0.717) is 64.1 Å². The molecule has 4 amide bonds. The molecule has 1 aliphatic rings. The third-order valence-electron chi connectivity index (χ3n) is 7.73. The van der Waals surface area contributed by atoms with E-state index in [1.165, 1.54) is 30.0 Å². The molecule has 1 aliphatic heterocycles. The van der Waals surface area contributed by atoms with Gasteiger partial charge in [0.1, 0.15) is 16.4 Å². The van der Waals surface area contributed by atoms with E-state index in [1.807, 2.05) is 13.0 Å². The maximum atomic E-state index is 13.6. The molecular formula is C38H38N4O7S2. The molecule has 0 fully saturated rings. The minimum Gasteiger partial charge on any atom is -0.494 e. The molecule has 3 aromatic carbocycles. The molecule has 2 heterocycles. The molecule has 13 heteroatoms. The third-order valence-corrected chi connectivity index (χ3v) is 9.85. The van der Waals surface area contributed by atoms with Gasteiger partial charge in [-0.05, 0) is 79.9 Å². The van der Waals surface area contributed by atoms with Crippen molar-refractivity contribution in [2.45, 2.75) is 38.6 Å². The summed E-state index contributed by atoms with van der Waals surface area (Å²) in [5.74, 6) is -1.15. The van der Waals surface area contributed by atoms with Crippen molar-refractivity contribution in [3.8, 4) is 5.75 Å². The quantitative estimate of drug-likeness (QED) is 0.0820. The third kappa shape index (κ3) is 9.86. The molecule has 0 bridgehead atoms. The van der Waals surface area contributed by atoms with Crippen molar-refractivity contribution in [3.05, 3.63) is 112 Å². The van der Waals surface area contributed by atoms with Gasteiger partial charge in [0.25, 0.3) is 11.8 Å². The summed E-state index contributed by atoms with van der Waals surface area (Å²) in [5, 5.41) is 8.87. The maximum Gasteiger partial charge on any atom is 0.341 e. The number of carbonyl (C=O) groups excluding carboxylic acids is 5. The highest BCUT2D eigenvalue weighted by Crippen LogP contribution is 2.38. The molecule has 4 aromatic rings. The summed E-state index contributed by atoms with van der Waals surface area (Å²) in [6.07, 6.45) is 2.08. The van der Waals surface area contributed by atoms with Crippen LogP contribution in [0.4, 0.5) is 10.7 Å². The highest BCUT2D eigenvalue weighted by atomic mass is 32.2. The average Bonchev–Trinajstić information content (AvgIpc) is 3.49. The van der Waals surface area contributed by atoms with Crippen LogP contribution >= 0.6 is 23.1 Å². The van der Waals surface area contributed by atoms with Gasteiger partial charge in [-0.2, -0.15) is 0 Å². The SMILES string of the molecule is CCOC(=O)c1c(NC(=O)CSc2cccc(NC(=O)/C(=C\c3ccc(OCC)cc3)NC(=O)c3ccccc3)c2)sc2c1CCN(C(C)=O)C2. The van der Waals surface area contributed by atoms with Crippen LogP contribution in [0.5, 0.6) is 5.75 Å². The molecule has 3 N–H and O–H groups in total. The number of thiophene rings is 1. The average molecular weight is 727 g/mol. The van der Waals surface area contributed by atoms with Gasteiger partial charge in [0.15, 0.2) is 0 Å². The normalized spacial score (nSPS) is 12.4. The lowest BCUT2D eigenvalue weighted by Crippen LogP contribution is -2.34. The zero-order chi connectivity index (χ0) is 36.3. The van der Waals surface area contributed by atoms with Crippen LogP contribution in [0.1, 0.15) is 57.5 Å². The molecule has 264 valence electrons. The summed E-state index contributed by atoms with van der Waals surface area (Å²) in [6, 6.07) is 22.7. The van der Waals surface area contributed by atoms with Crippen molar-refractivity contribution in [2.24, 2.45) is 0 Å². The first-order valence-electron chi connectivity index (χ1n) is 16.4. The molecule has 0 saturated heterocycles. The fourth-order valence-corrected chi connectivity index (χ4v) is 7.31. The zero-order valence-electron chi connectivity index (χ0n) is 28.4. The van der Waals surface area contributed by atoms with E-state index in [-0.39, 0.29) is 29.9 Å². The molecule has 0 radical (unpaired) electrons. The fraction of sp³-hybridized carbons (Fsp3) is 0.237. The molecule has 0 saturated carbocycles. The second kappa shape index (κ2) is 17.5. The molecule has 0 aliphatic carbocycles. The Kier molecular flexibility index (Phi) is 12.7. The predicted molar refractivity (Wildman–Crippen MR) is 199 cm³/mol. The van der Waals surface area contributed by atoms with Crippen LogP contribution in [0.2, 0.25) is 0 Å². The summed E-state index contributed by atoms with van der Waals surface area (Å²) in [6.45, 7) is 6.69. The van der Waals surface area contributed by atoms with Crippen LogP contribution in [-0.4, -0.2) is 60.0 Å². The Morgan fingerprint density at radius 1 is 0.922 bits per heavy atom. The molecule has 51 heavy (non-hydrogen) atoms. The number of nitrogens with zero attached hydrogens (tertiary/aromatic N) is 1. The van der Waals surface area contributed by atoms with Crippen LogP contribution in [0.15, 0.2) is 89.5 Å². The number of rotatable bonds is 13. The maximum absolute atomic E-state index is 13.6. The van der Waals surface area contributed by atoms with Gasteiger partial charge >= 0.3 is 5.97 Å². The Labute approximate surface area is 304 Å². The summed E-state index contributed by atoms with van der Waals surface area (Å²) in [5.41, 5.74) is 2.72. The first kappa shape index (κ1) is 36.9. The van der Waals surface area contributed by atoms with E-state index in [4.69, 9.17) is 9.47 Å². The zero-order valence-corrected chi connectivity index (χ0v) is 30.1. The number of nitrogens with one attached hydrogen (secondary N) is 3. The molecule has 0 unspecified atom stereocenters. The first-order valence-corrected chi connectivity index (χ1v) is 18.2. The summed E-state index contributed by atoms with van der Waals surface area (Å²) >= 11 is 2.53. The van der Waals surface area contributed by atoms with Crippen molar-refractivity contribution >= 4 is 69.5 Å². The summed E-state index contributed by atoms with van der Waals surface area (Å²) < 4.78 is 10.8. The molecule has 1 aromatic heterocycles. The number of hydrogen-bond donors (Lipinski definition) is 3. The first-order chi connectivity index (χ1) is 24.6. The Bertz CT molecular complexity index is 1940. The number of thioether (sulfide) groups is 1. The second-order valence-electron chi connectivity index (χ2n) is 11.3. The topological polar surface area (TPSA) is 143 Å². The van der Waals surface area contributed by atoms with Gasteiger partial charge in [0.2, 0.25) is 11.8 Å². The van der Waals surface area contributed by atoms with E-state index in [0.717, 1.165) is 10.4 Å². The van der Waals surface area contributed by atoms with Crippen molar-refractivity contribution in [1.29, 1.82) is 0 Å². The highest BCUT2D eigenvalue weighted by Gasteiger charge is 2.30. The molecule has 11 nitrogen and oxygen atoms in total. The van der Waals surface area contributed by atoms with Crippen LogP contribution in [-0.2, 0) is 32.1 Å². The fourth-order valence-electron chi connectivity index (χ4n) is 5.29. The second-order valence-corrected chi connectivity index (χ2v) is 13.5. The smallest absolute Gasteiger partial charge is 0.341 e. The molecule has 0 atom stereocenters. The van der Waals surface area contributed by atoms with Crippen LogP contribution in [0, 0.1) is 0 Å². The number of esters is 1. The van der Waals surface area contributed by atoms with Gasteiger partial charge in [0.05, 0.1) is 31.1 Å². The Morgan fingerprint density at radius 2 is 1.69 bits per heavy atom. The number of anilines is 2. The highest BCUT2D eigenvalue weighted by molar-refractivity contribution is 8.00. The largest absolute Gasteiger partial charge is 0.494 e. The van der Waals surface area contributed by atoms with Gasteiger partial charge < -0.3 is 30.3 Å². The van der Waals surface area contributed by atoms with E-state index in [2.05, 4.69) is 16.0 Å². The van der Waals surface area contributed by atoms with E-state index in [1.54, 1.807) is 90.7 Å². The monoisotopic (exact) mass is 726 g/mol. The number of carbonyl (C=O) groups is 5. The molecule has 5 rings (SSSR count). The van der Waals surface area contributed by atoms with Gasteiger partial charge in [-0.1, -0.05) is 36.4 Å². The van der Waals surface area contributed by atoms with Gasteiger partial charge in [0, 0.05) is 34.5 Å². The van der Waals surface area contributed by atoms with Crippen LogP contribution in [0.25, 0.3) is 6.08 Å². The lowest BCUT2D eigenvalue weighted by atomic mass is 10.0. The van der Waals surface area contributed by atoms with Crippen molar-refractivity contribution in [3.63, 3.8) is 0 Å². The number of hydrogen-bond acceptors (Lipinski definition) is 9. The number of fused-ring (bicyclic) bond motifs is 1. The molecular weight excluding hydrogens is 689 g/mol. The number of amides is 4. The van der Waals surface area contributed by atoms with Gasteiger partial charge in [-0.15, -0.1) is 23.1 Å². The van der Waals surface area contributed by atoms with E-state index in [9.17, 15) is 24.0 Å². The van der Waals surface area contributed by atoms with Crippen LogP contribution < -0.4 is 20.7 Å². The Balaban J connectivity index is 1.27. The van der Waals surface area contributed by atoms with Crippen molar-refractivity contribution < 1.29 is 33.4 Å². The minimum atomic E-state index is -0.537.